The van der Waals surface area contributed by atoms with Gasteiger partial charge < -0.3 is 5.32 Å². The van der Waals surface area contributed by atoms with Crippen LogP contribution < -0.4 is 5.32 Å². The molecule has 0 bridgehead atoms. The van der Waals surface area contributed by atoms with Crippen molar-refractivity contribution in [3.05, 3.63) is 70.2 Å². The van der Waals surface area contributed by atoms with Gasteiger partial charge in [-0.15, -0.1) is 0 Å². The van der Waals surface area contributed by atoms with Crippen LogP contribution in [0.25, 0.3) is 0 Å². The van der Waals surface area contributed by atoms with Gasteiger partial charge in [0.15, 0.2) is 0 Å². The van der Waals surface area contributed by atoms with E-state index in [0.717, 1.165) is 11.4 Å². The molecule has 0 fully saturated rings. The molecule has 1 nitrogen and oxygen atoms in total. The second-order valence-corrected chi connectivity index (χ2v) is 5.95. The summed E-state index contributed by atoms with van der Waals surface area (Å²) in [5, 5.41) is 4.20. The highest BCUT2D eigenvalue weighted by Crippen LogP contribution is 2.20. The van der Waals surface area contributed by atoms with Gasteiger partial charge in [-0.2, -0.15) is 0 Å². The molecule has 0 heterocycles. The molecule has 1 unspecified atom stereocenters. The first-order chi connectivity index (χ1) is 10.2. The predicted octanol–water partition coefficient (Wildman–Crippen LogP) is 5.19. The van der Waals surface area contributed by atoms with E-state index in [9.17, 15) is 0 Å². The Labute approximate surface area is 133 Å². The van der Waals surface area contributed by atoms with Crippen molar-refractivity contribution >= 4 is 11.6 Å². The maximum atomic E-state index is 5.94. The van der Waals surface area contributed by atoms with Gasteiger partial charge >= 0.3 is 0 Å². The molecule has 0 aliphatic rings. The van der Waals surface area contributed by atoms with E-state index in [-0.39, 0.29) is 0 Å². The molecule has 21 heavy (non-hydrogen) atoms. The number of nitrogens with one attached hydrogen (secondary N) is 1. The summed E-state index contributed by atoms with van der Waals surface area (Å²) in [5.41, 5.74) is 4.07. The summed E-state index contributed by atoms with van der Waals surface area (Å²) in [5.74, 6) is 0. The van der Waals surface area contributed by atoms with Crippen LogP contribution in [-0.4, -0.2) is 7.05 Å². The molecule has 0 saturated heterocycles. The van der Waals surface area contributed by atoms with Crippen LogP contribution in [0.15, 0.2) is 48.5 Å². The van der Waals surface area contributed by atoms with Gasteiger partial charge in [-0.05, 0) is 55.1 Å². The van der Waals surface area contributed by atoms with Gasteiger partial charge in [0, 0.05) is 11.1 Å². The minimum absolute atomic E-state index is 0.339. The Morgan fingerprint density at radius 1 is 0.952 bits per heavy atom. The highest BCUT2D eigenvalue weighted by molar-refractivity contribution is 6.30. The summed E-state index contributed by atoms with van der Waals surface area (Å²) in [6, 6.07) is 17.5. The number of likely N-dealkylation sites (N-methyl/N-ethyl adjacent to an activating group) is 1. The summed E-state index contributed by atoms with van der Waals surface area (Å²) >= 11 is 5.94. The van der Waals surface area contributed by atoms with E-state index in [4.69, 9.17) is 11.6 Å². The topological polar surface area (TPSA) is 12.0 Å². The largest absolute Gasteiger partial charge is 0.313 e. The second kappa shape index (κ2) is 8.21. The van der Waals surface area contributed by atoms with Gasteiger partial charge in [0.05, 0.1) is 0 Å². The molecule has 0 amide bonds. The molecule has 2 aromatic carbocycles. The normalized spacial score (nSPS) is 12.3. The van der Waals surface area contributed by atoms with Crippen LogP contribution in [0.5, 0.6) is 0 Å². The van der Waals surface area contributed by atoms with Crippen LogP contribution in [0, 0.1) is 0 Å². The SMILES string of the molecule is CCCCc1ccc(C(Cc2ccc(Cl)cc2)NC)cc1. The van der Waals surface area contributed by atoms with Crippen LogP contribution in [-0.2, 0) is 12.8 Å². The number of hydrogen-bond donors (Lipinski definition) is 1. The Morgan fingerprint density at radius 3 is 2.14 bits per heavy atom. The summed E-state index contributed by atoms with van der Waals surface area (Å²) in [6.07, 6.45) is 4.66. The van der Waals surface area contributed by atoms with E-state index < -0.39 is 0 Å². The van der Waals surface area contributed by atoms with E-state index in [1.807, 2.05) is 19.2 Å². The van der Waals surface area contributed by atoms with E-state index in [1.54, 1.807) is 0 Å². The smallest absolute Gasteiger partial charge is 0.0406 e. The van der Waals surface area contributed by atoms with Gasteiger partial charge in [0.25, 0.3) is 0 Å². The van der Waals surface area contributed by atoms with Crippen molar-refractivity contribution in [1.29, 1.82) is 0 Å². The van der Waals surface area contributed by atoms with Crippen molar-refractivity contribution < 1.29 is 0 Å². The van der Waals surface area contributed by atoms with Gasteiger partial charge in [-0.1, -0.05) is 61.3 Å². The molecular weight excluding hydrogens is 278 g/mol. The van der Waals surface area contributed by atoms with Crippen molar-refractivity contribution in [2.75, 3.05) is 7.05 Å². The predicted molar refractivity (Wildman–Crippen MR) is 92.0 cm³/mol. The quantitative estimate of drug-likeness (QED) is 0.742. The standard InChI is InChI=1S/C19H24ClN/c1-3-4-5-15-6-10-17(11-7-15)19(21-2)14-16-8-12-18(20)13-9-16/h6-13,19,21H,3-5,14H2,1-2H3. The minimum Gasteiger partial charge on any atom is -0.313 e. The second-order valence-electron chi connectivity index (χ2n) is 5.52. The number of benzene rings is 2. The molecule has 2 rings (SSSR count). The fraction of sp³-hybridized carbons (Fsp3) is 0.368. The maximum Gasteiger partial charge on any atom is 0.0406 e. The Kier molecular flexibility index (Phi) is 6.28. The molecule has 2 aromatic rings. The third kappa shape index (κ3) is 4.87. The van der Waals surface area contributed by atoms with Crippen LogP contribution in [0.1, 0.15) is 42.5 Å². The molecular formula is C19H24ClN. The van der Waals surface area contributed by atoms with E-state index >= 15 is 0 Å². The Balaban J connectivity index is 2.04. The fourth-order valence-electron chi connectivity index (χ4n) is 2.54. The van der Waals surface area contributed by atoms with Gasteiger partial charge in [-0.25, -0.2) is 0 Å². The fourth-order valence-corrected chi connectivity index (χ4v) is 2.67. The van der Waals surface area contributed by atoms with Gasteiger partial charge in [0.2, 0.25) is 0 Å². The molecule has 1 atom stereocenters. The maximum absolute atomic E-state index is 5.94. The van der Waals surface area contributed by atoms with E-state index in [1.165, 1.54) is 36.0 Å². The summed E-state index contributed by atoms with van der Waals surface area (Å²) in [6.45, 7) is 2.23. The molecule has 0 radical (unpaired) electrons. The van der Waals surface area contributed by atoms with Crippen LogP contribution in [0.3, 0.4) is 0 Å². The van der Waals surface area contributed by atoms with Crippen molar-refractivity contribution in [3.63, 3.8) is 0 Å². The molecule has 0 aliphatic heterocycles. The molecule has 0 spiro atoms. The average Bonchev–Trinajstić information content (AvgIpc) is 2.53. The van der Waals surface area contributed by atoms with Crippen molar-refractivity contribution in [3.8, 4) is 0 Å². The summed E-state index contributed by atoms with van der Waals surface area (Å²) in [7, 11) is 2.02. The van der Waals surface area contributed by atoms with E-state index in [2.05, 4.69) is 48.6 Å². The molecule has 2 heteroatoms. The Bertz CT molecular complexity index is 530. The van der Waals surface area contributed by atoms with Gasteiger partial charge in [0.1, 0.15) is 0 Å². The lowest BCUT2D eigenvalue weighted by atomic mass is 9.97. The number of halogens is 1. The summed E-state index contributed by atoms with van der Waals surface area (Å²) in [4.78, 5) is 0. The van der Waals surface area contributed by atoms with Crippen LogP contribution in [0.4, 0.5) is 0 Å². The first-order valence-corrected chi connectivity index (χ1v) is 8.11. The van der Waals surface area contributed by atoms with Crippen molar-refractivity contribution in [2.45, 2.75) is 38.6 Å². The van der Waals surface area contributed by atoms with Crippen molar-refractivity contribution in [2.24, 2.45) is 0 Å². The zero-order chi connectivity index (χ0) is 15.1. The summed E-state index contributed by atoms with van der Waals surface area (Å²) < 4.78 is 0. The molecule has 0 saturated carbocycles. The van der Waals surface area contributed by atoms with Crippen LogP contribution in [0.2, 0.25) is 5.02 Å². The molecule has 112 valence electrons. The minimum atomic E-state index is 0.339. The lowest BCUT2D eigenvalue weighted by molar-refractivity contribution is 0.592. The third-order valence-corrected chi connectivity index (χ3v) is 4.15. The lowest BCUT2D eigenvalue weighted by Crippen LogP contribution is -2.18. The number of hydrogen-bond acceptors (Lipinski definition) is 1. The zero-order valence-electron chi connectivity index (χ0n) is 12.9. The van der Waals surface area contributed by atoms with Crippen molar-refractivity contribution in [1.82, 2.24) is 5.32 Å². The average molecular weight is 302 g/mol. The highest BCUT2D eigenvalue weighted by atomic mass is 35.5. The van der Waals surface area contributed by atoms with E-state index in [0.29, 0.717) is 6.04 Å². The molecule has 0 aromatic heterocycles. The first kappa shape index (κ1) is 16.1. The lowest BCUT2D eigenvalue weighted by Gasteiger charge is -2.17. The first-order valence-electron chi connectivity index (χ1n) is 7.73. The zero-order valence-corrected chi connectivity index (χ0v) is 13.7. The number of unbranched alkanes of at least 4 members (excludes halogenated alkanes) is 1. The number of aryl methyl sites for hydroxylation is 1. The molecule has 1 N–H and O–H groups in total. The van der Waals surface area contributed by atoms with Crippen LogP contribution >= 0.6 is 11.6 Å². The Morgan fingerprint density at radius 2 is 1.57 bits per heavy atom. The number of rotatable bonds is 7. The highest BCUT2D eigenvalue weighted by Gasteiger charge is 2.10. The van der Waals surface area contributed by atoms with Gasteiger partial charge in [-0.3, -0.25) is 0 Å². The Hall–Kier alpha value is -1.31. The monoisotopic (exact) mass is 301 g/mol. The third-order valence-electron chi connectivity index (χ3n) is 3.90. The molecule has 0 aliphatic carbocycles.